The van der Waals surface area contributed by atoms with E-state index in [9.17, 15) is 10.2 Å². The second kappa shape index (κ2) is 7.31. The topological polar surface area (TPSA) is 66.2 Å². The molecular formula is C24H22N2O2. The highest BCUT2D eigenvalue weighted by atomic mass is 16.3. The van der Waals surface area contributed by atoms with Crippen LogP contribution in [-0.2, 0) is 6.42 Å². The van der Waals surface area contributed by atoms with Crippen molar-refractivity contribution in [3.63, 3.8) is 0 Å². The summed E-state index contributed by atoms with van der Waals surface area (Å²) in [5.74, 6) is 0.310. The van der Waals surface area contributed by atoms with E-state index >= 15 is 0 Å². The molecule has 0 bridgehead atoms. The van der Waals surface area contributed by atoms with Crippen LogP contribution in [0.25, 0.3) is 10.9 Å². The number of hydrogen-bond acceptors (Lipinski definition) is 4. The molecule has 4 heteroatoms. The number of aromatic nitrogens is 2. The summed E-state index contributed by atoms with van der Waals surface area (Å²) in [5, 5.41) is 21.7. The second-order valence-electron chi connectivity index (χ2n) is 7.20. The maximum Gasteiger partial charge on any atom is 0.145 e. The molecule has 0 aliphatic rings. The van der Waals surface area contributed by atoms with Gasteiger partial charge in [0.1, 0.15) is 17.0 Å². The Balaban J connectivity index is 1.86. The van der Waals surface area contributed by atoms with Crippen LogP contribution >= 0.6 is 0 Å². The van der Waals surface area contributed by atoms with Crippen LogP contribution in [0.4, 0.5) is 0 Å². The standard InChI is InChI=1S/C24H22N2O2/c1-15-11-12-25-19(13-15)14-22(17-5-8-20(27)9-6-17)21-10-7-18-4-3-16(2)26-23(18)24(21)28/h3-13,22,27-28H,14H2,1-2H3. The van der Waals surface area contributed by atoms with E-state index in [4.69, 9.17) is 0 Å². The lowest BCUT2D eigenvalue weighted by Crippen LogP contribution is -2.07. The first-order valence-electron chi connectivity index (χ1n) is 9.31. The van der Waals surface area contributed by atoms with Crippen molar-refractivity contribution in [3.05, 3.63) is 94.9 Å². The van der Waals surface area contributed by atoms with Crippen molar-refractivity contribution in [1.29, 1.82) is 0 Å². The van der Waals surface area contributed by atoms with Gasteiger partial charge in [-0.05, 0) is 55.3 Å². The molecule has 0 fully saturated rings. The molecule has 0 saturated carbocycles. The first-order chi connectivity index (χ1) is 13.5. The van der Waals surface area contributed by atoms with Gasteiger partial charge in [-0.25, -0.2) is 4.98 Å². The molecule has 2 aromatic heterocycles. The maximum absolute atomic E-state index is 11.1. The monoisotopic (exact) mass is 370 g/mol. The predicted molar refractivity (Wildman–Crippen MR) is 111 cm³/mol. The summed E-state index contributed by atoms with van der Waals surface area (Å²) in [6.45, 7) is 3.96. The molecular weight excluding hydrogens is 348 g/mol. The second-order valence-corrected chi connectivity index (χ2v) is 7.20. The lowest BCUT2D eigenvalue weighted by atomic mass is 9.86. The zero-order chi connectivity index (χ0) is 19.7. The molecule has 4 rings (SSSR count). The van der Waals surface area contributed by atoms with Crippen molar-refractivity contribution in [1.82, 2.24) is 9.97 Å². The van der Waals surface area contributed by atoms with E-state index in [-0.39, 0.29) is 17.4 Å². The molecule has 4 aromatic rings. The van der Waals surface area contributed by atoms with Crippen molar-refractivity contribution < 1.29 is 10.2 Å². The van der Waals surface area contributed by atoms with Crippen LogP contribution in [-0.4, -0.2) is 20.2 Å². The third-order valence-corrected chi connectivity index (χ3v) is 5.06. The summed E-state index contributed by atoms with van der Waals surface area (Å²) >= 11 is 0. The predicted octanol–water partition coefficient (Wildman–Crippen LogP) is 5.03. The highest BCUT2D eigenvalue weighted by Crippen LogP contribution is 2.38. The average Bonchev–Trinajstić information content (AvgIpc) is 2.68. The Kier molecular flexibility index (Phi) is 4.70. The SMILES string of the molecule is Cc1ccnc(CC(c2ccc(O)cc2)c2ccc3ccc(C)nc3c2O)c1. The number of phenolic OH excluding ortho intramolecular Hbond substituents is 2. The van der Waals surface area contributed by atoms with Crippen LogP contribution in [0, 0.1) is 13.8 Å². The summed E-state index contributed by atoms with van der Waals surface area (Å²) in [6, 6.07) is 19.0. The Labute approximate surface area is 164 Å². The summed E-state index contributed by atoms with van der Waals surface area (Å²) in [7, 11) is 0. The van der Waals surface area contributed by atoms with Gasteiger partial charge in [-0.2, -0.15) is 0 Å². The minimum Gasteiger partial charge on any atom is -0.508 e. The van der Waals surface area contributed by atoms with Gasteiger partial charge in [0.05, 0.1) is 0 Å². The van der Waals surface area contributed by atoms with Crippen molar-refractivity contribution >= 4 is 10.9 Å². The number of fused-ring (bicyclic) bond motifs is 1. The molecule has 0 spiro atoms. The molecule has 4 nitrogen and oxygen atoms in total. The number of phenols is 2. The largest absolute Gasteiger partial charge is 0.508 e. The molecule has 1 atom stereocenters. The molecule has 0 aliphatic carbocycles. The number of nitrogens with zero attached hydrogens (tertiary/aromatic N) is 2. The fourth-order valence-corrected chi connectivity index (χ4v) is 3.60. The number of aryl methyl sites for hydroxylation is 2. The first kappa shape index (κ1) is 18.0. The van der Waals surface area contributed by atoms with Gasteiger partial charge >= 0.3 is 0 Å². The van der Waals surface area contributed by atoms with Gasteiger partial charge in [-0.15, -0.1) is 0 Å². The zero-order valence-corrected chi connectivity index (χ0v) is 15.9. The molecule has 2 N–H and O–H groups in total. The van der Waals surface area contributed by atoms with Crippen molar-refractivity contribution in [3.8, 4) is 11.5 Å². The van der Waals surface area contributed by atoms with E-state index in [1.807, 2.05) is 62.5 Å². The average molecular weight is 370 g/mol. The molecule has 140 valence electrons. The van der Waals surface area contributed by atoms with Crippen molar-refractivity contribution in [2.24, 2.45) is 0 Å². The van der Waals surface area contributed by atoms with Gasteiger partial charge < -0.3 is 10.2 Å². The zero-order valence-electron chi connectivity index (χ0n) is 15.9. The number of hydrogen-bond donors (Lipinski definition) is 2. The third-order valence-electron chi connectivity index (χ3n) is 5.06. The first-order valence-corrected chi connectivity index (χ1v) is 9.31. The Bertz CT molecular complexity index is 1140. The molecule has 0 radical (unpaired) electrons. The quantitative estimate of drug-likeness (QED) is 0.529. The van der Waals surface area contributed by atoms with Gasteiger partial charge in [0.2, 0.25) is 0 Å². The summed E-state index contributed by atoms with van der Waals surface area (Å²) in [6.07, 6.45) is 2.45. The Morgan fingerprint density at radius 2 is 1.64 bits per heavy atom. The van der Waals surface area contributed by atoms with Gasteiger partial charge in [0.25, 0.3) is 0 Å². The van der Waals surface area contributed by atoms with E-state index < -0.39 is 0 Å². The Morgan fingerprint density at radius 1 is 0.893 bits per heavy atom. The molecule has 2 aromatic carbocycles. The lowest BCUT2D eigenvalue weighted by Gasteiger charge is -2.20. The van der Waals surface area contributed by atoms with Crippen LogP contribution in [0.3, 0.4) is 0 Å². The van der Waals surface area contributed by atoms with Gasteiger partial charge in [-0.3, -0.25) is 4.98 Å². The van der Waals surface area contributed by atoms with E-state index in [0.717, 1.165) is 33.5 Å². The molecule has 0 aliphatic heterocycles. The van der Waals surface area contributed by atoms with E-state index in [1.54, 1.807) is 12.1 Å². The Morgan fingerprint density at radius 3 is 2.39 bits per heavy atom. The van der Waals surface area contributed by atoms with Crippen LogP contribution < -0.4 is 0 Å². The highest BCUT2D eigenvalue weighted by Gasteiger charge is 2.21. The smallest absolute Gasteiger partial charge is 0.145 e. The number of aromatic hydroxyl groups is 2. The fraction of sp³-hybridized carbons (Fsp3) is 0.167. The van der Waals surface area contributed by atoms with Crippen LogP contribution in [0.5, 0.6) is 11.5 Å². The highest BCUT2D eigenvalue weighted by molar-refractivity contribution is 5.86. The summed E-state index contributed by atoms with van der Waals surface area (Å²) in [4.78, 5) is 9.05. The van der Waals surface area contributed by atoms with Gasteiger partial charge in [0.15, 0.2) is 0 Å². The van der Waals surface area contributed by atoms with Crippen LogP contribution in [0.15, 0.2) is 66.9 Å². The Hall–Kier alpha value is -3.40. The maximum atomic E-state index is 11.1. The molecule has 0 amide bonds. The molecule has 1 unspecified atom stereocenters. The number of pyridine rings is 2. The van der Waals surface area contributed by atoms with E-state index in [2.05, 4.69) is 16.0 Å². The normalized spacial score (nSPS) is 12.2. The molecule has 2 heterocycles. The number of rotatable bonds is 4. The van der Waals surface area contributed by atoms with Crippen LogP contribution in [0.2, 0.25) is 0 Å². The minimum atomic E-state index is -0.110. The van der Waals surface area contributed by atoms with Crippen LogP contribution in [0.1, 0.15) is 34.0 Å². The summed E-state index contributed by atoms with van der Waals surface area (Å²) < 4.78 is 0. The van der Waals surface area contributed by atoms with E-state index in [0.29, 0.717) is 11.9 Å². The third kappa shape index (κ3) is 3.54. The number of benzene rings is 2. The van der Waals surface area contributed by atoms with Gasteiger partial charge in [-0.1, -0.05) is 30.3 Å². The minimum absolute atomic E-state index is 0.110. The van der Waals surface area contributed by atoms with Gasteiger partial charge in [0, 0.05) is 40.9 Å². The van der Waals surface area contributed by atoms with E-state index in [1.165, 1.54) is 0 Å². The lowest BCUT2D eigenvalue weighted by molar-refractivity contribution is 0.468. The molecule has 0 saturated heterocycles. The summed E-state index contributed by atoms with van der Waals surface area (Å²) in [5.41, 5.74) is 5.38. The van der Waals surface area contributed by atoms with Crippen molar-refractivity contribution in [2.45, 2.75) is 26.2 Å². The van der Waals surface area contributed by atoms with Crippen molar-refractivity contribution in [2.75, 3.05) is 0 Å². The fourth-order valence-electron chi connectivity index (χ4n) is 3.60. The molecule has 28 heavy (non-hydrogen) atoms.